The van der Waals surface area contributed by atoms with Crippen LogP contribution < -0.4 is 0 Å². The summed E-state index contributed by atoms with van der Waals surface area (Å²) in [5.41, 5.74) is 0.926. The minimum atomic E-state index is -0.443. The molecule has 1 atom stereocenters. The van der Waals surface area contributed by atoms with Crippen LogP contribution in [0.1, 0.15) is 33.3 Å². The molecule has 1 aliphatic rings. The van der Waals surface area contributed by atoms with Gasteiger partial charge in [0.15, 0.2) is 0 Å². The van der Waals surface area contributed by atoms with Gasteiger partial charge < -0.3 is 9.64 Å². The highest BCUT2D eigenvalue weighted by molar-refractivity contribution is 5.67. The maximum atomic E-state index is 12.0. The van der Waals surface area contributed by atoms with E-state index in [1.165, 1.54) is 5.56 Å². The predicted octanol–water partition coefficient (Wildman–Crippen LogP) is 3.06. The van der Waals surface area contributed by atoms with Crippen molar-refractivity contribution < 1.29 is 9.53 Å². The molecular formula is C20H33N3O2. The number of piperazine rings is 1. The Bertz CT molecular complexity index is 542. The van der Waals surface area contributed by atoms with E-state index in [4.69, 9.17) is 4.74 Å². The Morgan fingerprint density at radius 3 is 2.52 bits per heavy atom. The molecule has 1 aromatic carbocycles. The van der Waals surface area contributed by atoms with E-state index in [-0.39, 0.29) is 6.09 Å². The predicted molar refractivity (Wildman–Crippen MR) is 102 cm³/mol. The van der Waals surface area contributed by atoms with Gasteiger partial charge in [-0.2, -0.15) is 0 Å². The van der Waals surface area contributed by atoms with Gasteiger partial charge in [0.25, 0.3) is 0 Å². The van der Waals surface area contributed by atoms with Crippen molar-refractivity contribution in [2.24, 2.45) is 0 Å². The normalized spacial score (nSPS) is 19.6. The van der Waals surface area contributed by atoms with Crippen LogP contribution >= 0.6 is 0 Å². The van der Waals surface area contributed by atoms with Crippen LogP contribution in [0.2, 0.25) is 0 Å². The molecule has 1 fully saturated rings. The lowest BCUT2D eigenvalue weighted by atomic mass is 10.1. The van der Waals surface area contributed by atoms with Crippen molar-refractivity contribution in [1.29, 1.82) is 0 Å². The molecule has 5 heteroatoms. The monoisotopic (exact) mass is 347 g/mol. The zero-order chi connectivity index (χ0) is 18.4. The molecule has 1 heterocycles. The summed E-state index contributed by atoms with van der Waals surface area (Å²) >= 11 is 0. The number of carbonyl (C=O) groups excluding carboxylic acids is 1. The molecule has 1 aromatic rings. The van der Waals surface area contributed by atoms with Crippen molar-refractivity contribution in [1.82, 2.24) is 14.7 Å². The number of carbonyl (C=O) groups is 1. The second-order valence-electron chi connectivity index (χ2n) is 8.01. The molecule has 1 aliphatic heterocycles. The summed E-state index contributed by atoms with van der Waals surface area (Å²) in [5.74, 6) is 0. The summed E-state index contributed by atoms with van der Waals surface area (Å²) < 4.78 is 5.41. The molecule has 0 spiro atoms. The number of hydrogen-bond acceptors (Lipinski definition) is 4. The Kier molecular flexibility index (Phi) is 6.85. The molecule has 1 amide bonds. The lowest BCUT2D eigenvalue weighted by Gasteiger charge is -2.40. The van der Waals surface area contributed by atoms with Gasteiger partial charge >= 0.3 is 6.09 Å². The molecule has 0 aromatic heterocycles. The second-order valence-corrected chi connectivity index (χ2v) is 8.01. The van der Waals surface area contributed by atoms with Crippen molar-refractivity contribution in [2.45, 2.75) is 45.9 Å². The number of nitrogens with zero attached hydrogens (tertiary/aromatic N) is 3. The largest absolute Gasteiger partial charge is 0.444 e. The van der Waals surface area contributed by atoms with Crippen LogP contribution in [0.15, 0.2) is 30.3 Å². The van der Waals surface area contributed by atoms with E-state index in [0.717, 1.165) is 32.7 Å². The van der Waals surface area contributed by atoms with E-state index >= 15 is 0 Å². The highest BCUT2D eigenvalue weighted by atomic mass is 16.6. The first-order chi connectivity index (χ1) is 11.7. The van der Waals surface area contributed by atoms with Crippen LogP contribution in [-0.4, -0.2) is 72.2 Å². The second kappa shape index (κ2) is 8.68. The van der Waals surface area contributed by atoms with Crippen molar-refractivity contribution in [2.75, 3.05) is 39.8 Å². The molecule has 1 saturated heterocycles. The third kappa shape index (κ3) is 6.67. The third-order valence-corrected chi connectivity index (χ3v) is 4.53. The Labute approximate surface area is 152 Å². The van der Waals surface area contributed by atoms with Crippen LogP contribution in [-0.2, 0) is 11.3 Å². The van der Waals surface area contributed by atoms with Crippen molar-refractivity contribution in [3.63, 3.8) is 0 Å². The van der Waals surface area contributed by atoms with Crippen LogP contribution in [0.3, 0.4) is 0 Å². The fourth-order valence-corrected chi connectivity index (χ4v) is 3.10. The van der Waals surface area contributed by atoms with Gasteiger partial charge in [0, 0.05) is 52.4 Å². The fraction of sp³-hybridized carbons (Fsp3) is 0.650. The Hall–Kier alpha value is -1.59. The lowest BCUT2D eigenvalue weighted by molar-refractivity contribution is 0.0240. The van der Waals surface area contributed by atoms with Gasteiger partial charge in [0.05, 0.1) is 0 Å². The molecule has 0 bridgehead atoms. The van der Waals surface area contributed by atoms with Gasteiger partial charge in [-0.25, -0.2) is 4.79 Å². The Morgan fingerprint density at radius 2 is 1.92 bits per heavy atom. The number of hydrogen-bond donors (Lipinski definition) is 0. The van der Waals surface area contributed by atoms with E-state index in [0.29, 0.717) is 12.6 Å². The first kappa shape index (κ1) is 19.7. The minimum absolute atomic E-state index is 0.247. The number of ether oxygens (including phenoxy) is 1. The van der Waals surface area contributed by atoms with Crippen molar-refractivity contribution in [3.05, 3.63) is 35.9 Å². The van der Waals surface area contributed by atoms with Gasteiger partial charge in [0.1, 0.15) is 5.60 Å². The van der Waals surface area contributed by atoms with Crippen molar-refractivity contribution in [3.8, 4) is 0 Å². The smallest absolute Gasteiger partial charge is 0.410 e. The van der Waals surface area contributed by atoms with E-state index in [1.54, 1.807) is 4.90 Å². The van der Waals surface area contributed by atoms with Crippen LogP contribution in [0.4, 0.5) is 4.79 Å². The first-order valence-corrected chi connectivity index (χ1v) is 9.19. The maximum absolute atomic E-state index is 12.0. The summed E-state index contributed by atoms with van der Waals surface area (Å²) in [4.78, 5) is 18.7. The minimum Gasteiger partial charge on any atom is -0.444 e. The maximum Gasteiger partial charge on any atom is 0.410 e. The topological polar surface area (TPSA) is 36.0 Å². The molecule has 0 radical (unpaired) electrons. The lowest BCUT2D eigenvalue weighted by Crippen LogP contribution is -2.53. The summed E-state index contributed by atoms with van der Waals surface area (Å²) in [6.07, 6.45) is -0.247. The molecule has 5 nitrogen and oxygen atoms in total. The SMILES string of the molecule is C[C@@H]1CN(Cc2ccccc2)CCN1CCN(C)C(=O)OC(C)(C)C. The Balaban J connectivity index is 1.75. The highest BCUT2D eigenvalue weighted by Gasteiger charge is 2.25. The summed E-state index contributed by atoms with van der Waals surface area (Å²) in [6, 6.07) is 11.1. The van der Waals surface area contributed by atoms with Crippen LogP contribution in [0.5, 0.6) is 0 Å². The summed E-state index contributed by atoms with van der Waals surface area (Å²) in [7, 11) is 1.81. The van der Waals surface area contributed by atoms with Crippen molar-refractivity contribution >= 4 is 6.09 Å². The van der Waals surface area contributed by atoms with E-state index in [9.17, 15) is 4.79 Å². The molecule has 0 N–H and O–H groups in total. The quantitative estimate of drug-likeness (QED) is 0.820. The highest BCUT2D eigenvalue weighted by Crippen LogP contribution is 2.14. The zero-order valence-electron chi connectivity index (χ0n) is 16.4. The van der Waals surface area contributed by atoms with Crippen LogP contribution in [0, 0.1) is 0 Å². The number of likely N-dealkylation sites (N-methyl/N-ethyl adjacent to an activating group) is 1. The van der Waals surface area contributed by atoms with Gasteiger partial charge in [0.2, 0.25) is 0 Å². The summed E-state index contributed by atoms with van der Waals surface area (Å²) in [6.45, 7) is 13.7. The third-order valence-electron chi connectivity index (χ3n) is 4.53. The number of benzene rings is 1. The van der Waals surface area contributed by atoms with E-state index < -0.39 is 5.60 Å². The molecule has 0 unspecified atom stereocenters. The van der Waals surface area contributed by atoms with Gasteiger partial charge in [-0.1, -0.05) is 30.3 Å². The molecule has 0 saturated carbocycles. The average Bonchev–Trinajstić information content (AvgIpc) is 2.53. The van der Waals surface area contributed by atoms with Gasteiger partial charge in [-0.05, 0) is 33.3 Å². The summed E-state index contributed by atoms with van der Waals surface area (Å²) in [5, 5.41) is 0. The van der Waals surface area contributed by atoms with Gasteiger partial charge in [-0.15, -0.1) is 0 Å². The number of amides is 1. The molecular weight excluding hydrogens is 314 g/mol. The number of rotatable bonds is 5. The van der Waals surface area contributed by atoms with E-state index in [2.05, 4.69) is 47.1 Å². The fourth-order valence-electron chi connectivity index (χ4n) is 3.10. The van der Waals surface area contributed by atoms with Gasteiger partial charge in [-0.3, -0.25) is 9.80 Å². The molecule has 0 aliphatic carbocycles. The van der Waals surface area contributed by atoms with Crippen LogP contribution in [0.25, 0.3) is 0 Å². The standard InChI is InChI=1S/C20H33N3O2/c1-17-15-22(16-18-9-7-6-8-10-18)12-14-23(17)13-11-21(5)19(24)25-20(2,3)4/h6-10,17H,11-16H2,1-5H3/t17-/m1/s1. The molecule has 140 valence electrons. The van der Waals surface area contributed by atoms with E-state index in [1.807, 2.05) is 27.8 Å². The Morgan fingerprint density at radius 1 is 1.24 bits per heavy atom. The zero-order valence-corrected chi connectivity index (χ0v) is 16.4. The molecule has 25 heavy (non-hydrogen) atoms. The average molecular weight is 348 g/mol. The first-order valence-electron chi connectivity index (χ1n) is 9.19. The molecule has 2 rings (SSSR count).